The van der Waals surface area contributed by atoms with Crippen molar-refractivity contribution in [3.05, 3.63) is 58.3 Å². The molecule has 1 fully saturated rings. The molecule has 2 N–H and O–H groups in total. The molecule has 1 aliphatic carbocycles. The summed E-state index contributed by atoms with van der Waals surface area (Å²) in [5, 5.41) is 7.59. The highest BCUT2D eigenvalue weighted by atomic mass is 32.1. The third-order valence-electron chi connectivity index (χ3n) is 4.71. The topological polar surface area (TPSA) is 75.3 Å². The minimum Gasteiger partial charge on any atom is -0.356 e. The van der Waals surface area contributed by atoms with Crippen LogP contribution in [0, 0.1) is 5.92 Å². The lowest BCUT2D eigenvalue weighted by molar-refractivity contribution is -0.122. The maximum Gasteiger partial charge on any atom is 0.223 e. The van der Waals surface area contributed by atoms with Crippen molar-refractivity contribution >= 4 is 28.9 Å². The average Bonchev–Trinajstić information content (AvgIpc) is 3.31. The first-order valence-corrected chi connectivity index (χ1v) is 10.2. The van der Waals surface area contributed by atoms with Crippen LogP contribution in [0.4, 0.5) is 0 Å². The van der Waals surface area contributed by atoms with Gasteiger partial charge in [0.2, 0.25) is 11.8 Å². The number of carbonyl (C=O) groups is 3. The number of ketones is 1. The minimum absolute atomic E-state index is 0.00446. The van der Waals surface area contributed by atoms with Crippen molar-refractivity contribution in [2.45, 2.75) is 31.6 Å². The van der Waals surface area contributed by atoms with E-state index in [0.29, 0.717) is 30.3 Å². The van der Waals surface area contributed by atoms with Gasteiger partial charge in [-0.05, 0) is 35.8 Å². The van der Waals surface area contributed by atoms with E-state index in [-0.39, 0.29) is 36.4 Å². The normalized spacial score (nSPS) is 17.9. The molecule has 3 rings (SSSR count). The summed E-state index contributed by atoms with van der Waals surface area (Å²) in [6, 6.07) is 13.7. The van der Waals surface area contributed by atoms with Crippen LogP contribution in [-0.2, 0) is 9.59 Å². The number of thiophene rings is 1. The van der Waals surface area contributed by atoms with E-state index in [0.717, 1.165) is 6.42 Å². The van der Waals surface area contributed by atoms with Crippen molar-refractivity contribution in [1.29, 1.82) is 0 Å². The van der Waals surface area contributed by atoms with Crippen LogP contribution in [0.25, 0.3) is 0 Å². The van der Waals surface area contributed by atoms with E-state index in [1.165, 1.54) is 16.9 Å². The smallest absolute Gasteiger partial charge is 0.223 e. The summed E-state index contributed by atoms with van der Waals surface area (Å²) in [6.07, 6.45) is 2.01. The molecule has 0 saturated heterocycles. The Morgan fingerprint density at radius 2 is 1.74 bits per heavy atom. The molecule has 1 heterocycles. The van der Waals surface area contributed by atoms with Crippen molar-refractivity contribution in [3.8, 4) is 0 Å². The second kappa shape index (κ2) is 9.46. The molecule has 0 spiro atoms. The van der Waals surface area contributed by atoms with Gasteiger partial charge in [-0.15, -0.1) is 11.3 Å². The number of rotatable bonds is 10. The van der Waals surface area contributed by atoms with Gasteiger partial charge < -0.3 is 10.6 Å². The fraction of sp³-hybridized carbons (Fsp3) is 0.381. The summed E-state index contributed by atoms with van der Waals surface area (Å²) in [6.45, 7) is 1.05. The lowest BCUT2D eigenvalue weighted by Gasteiger charge is -2.07. The maximum absolute atomic E-state index is 12.1. The number of carbonyl (C=O) groups excluding carboxylic acids is 3. The fourth-order valence-corrected chi connectivity index (χ4v) is 3.78. The molecule has 0 aliphatic heterocycles. The number of hydrogen-bond donors (Lipinski definition) is 2. The van der Waals surface area contributed by atoms with E-state index in [1.807, 2.05) is 29.6 Å². The molecule has 1 saturated carbocycles. The van der Waals surface area contributed by atoms with Crippen molar-refractivity contribution in [1.82, 2.24) is 10.6 Å². The number of amides is 2. The molecule has 1 aromatic carbocycles. The number of Topliss-reactive ketones (excluding diaryl/α,β-unsaturated/α-hetero) is 1. The van der Waals surface area contributed by atoms with E-state index >= 15 is 0 Å². The lowest BCUT2D eigenvalue weighted by Crippen LogP contribution is -2.30. The van der Waals surface area contributed by atoms with Crippen LogP contribution in [0.15, 0.2) is 47.8 Å². The SMILES string of the molecule is O=C(CCC(=O)c1cccs1)NCCCNC(=O)[C@H]1C[C@@H]1c1ccccc1. The molecule has 0 bridgehead atoms. The van der Waals surface area contributed by atoms with E-state index in [9.17, 15) is 14.4 Å². The quantitative estimate of drug-likeness (QED) is 0.488. The first-order chi connectivity index (χ1) is 13.1. The Kier molecular flexibility index (Phi) is 6.76. The van der Waals surface area contributed by atoms with Gasteiger partial charge in [0.25, 0.3) is 0 Å². The summed E-state index contributed by atoms with van der Waals surface area (Å²) >= 11 is 1.39. The van der Waals surface area contributed by atoms with Gasteiger partial charge in [0.15, 0.2) is 5.78 Å². The highest BCUT2D eigenvalue weighted by Gasteiger charge is 2.43. The molecular formula is C21H24N2O3S. The minimum atomic E-state index is -0.127. The van der Waals surface area contributed by atoms with Gasteiger partial charge in [0.1, 0.15) is 0 Å². The molecule has 0 unspecified atom stereocenters. The summed E-state index contributed by atoms with van der Waals surface area (Å²) in [7, 11) is 0. The Morgan fingerprint density at radius 3 is 2.48 bits per heavy atom. The molecule has 5 nitrogen and oxygen atoms in total. The highest BCUT2D eigenvalue weighted by molar-refractivity contribution is 7.12. The number of benzene rings is 1. The molecule has 1 aliphatic rings. The number of hydrogen-bond acceptors (Lipinski definition) is 4. The zero-order valence-corrected chi connectivity index (χ0v) is 16.0. The largest absolute Gasteiger partial charge is 0.356 e. The molecule has 2 atom stereocenters. The van der Waals surface area contributed by atoms with E-state index in [2.05, 4.69) is 22.8 Å². The summed E-state index contributed by atoms with van der Waals surface area (Å²) in [5.74, 6) is 0.385. The predicted octanol–water partition coefficient (Wildman–Crippen LogP) is 3.14. The van der Waals surface area contributed by atoms with Crippen LogP contribution in [-0.4, -0.2) is 30.7 Å². The lowest BCUT2D eigenvalue weighted by atomic mass is 10.1. The monoisotopic (exact) mass is 384 g/mol. The summed E-state index contributed by atoms with van der Waals surface area (Å²) in [4.78, 5) is 36.5. The van der Waals surface area contributed by atoms with Gasteiger partial charge in [-0.2, -0.15) is 0 Å². The van der Waals surface area contributed by atoms with Crippen LogP contribution in [0.2, 0.25) is 0 Å². The number of nitrogens with one attached hydrogen (secondary N) is 2. The van der Waals surface area contributed by atoms with Crippen LogP contribution in [0.3, 0.4) is 0 Å². The predicted molar refractivity (Wildman–Crippen MR) is 106 cm³/mol. The standard InChI is InChI=1S/C21H24N2O3S/c24-18(19-8-4-13-27-19)9-10-20(25)22-11-5-12-23-21(26)17-14-16(17)15-6-2-1-3-7-15/h1-4,6-8,13,16-17H,5,9-12,14H2,(H,22,25)(H,23,26)/t16-,17+/m1/s1. The summed E-state index contributed by atoms with van der Waals surface area (Å²) < 4.78 is 0. The Morgan fingerprint density at radius 1 is 0.963 bits per heavy atom. The average molecular weight is 385 g/mol. The first kappa shape index (κ1) is 19.3. The van der Waals surface area contributed by atoms with Crippen LogP contribution in [0.1, 0.15) is 46.8 Å². The third kappa shape index (κ3) is 5.76. The van der Waals surface area contributed by atoms with Gasteiger partial charge in [-0.25, -0.2) is 0 Å². The maximum atomic E-state index is 12.1. The third-order valence-corrected chi connectivity index (χ3v) is 5.62. The van der Waals surface area contributed by atoms with Gasteiger partial charge in [0.05, 0.1) is 4.88 Å². The molecule has 1 aromatic heterocycles. The molecule has 6 heteroatoms. The van der Waals surface area contributed by atoms with Gasteiger partial charge in [-0.3, -0.25) is 14.4 Å². The molecule has 2 amide bonds. The second-order valence-corrected chi connectivity index (χ2v) is 7.70. The van der Waals surface area contributed by atoms with Crippen LogP contribution < -0.4 is 10.6 Å². The first-order valence-electron chi connectivity index (χ1n) is 9.31. The van der Waals surface area contributed by atoms with E-state index in [4.69, 9.17) is 0 Å². The molecule has 0 radical (unpaired) electrons. The second-order valence-electron chi connectivity index (χ2n) is 6.75. The van der Waals surface area contributed by atoms with Crippen molar-refractivity contribution in [2.75, 3.05) is 13.1 Å². The molecule has 142 valence electrons. The van der Waals surface area contributed by atoms with Crippen molar-refractivity contribution < 1.29 is 14.4 Å². The molecule has 2 aromatic rings. The van der Waals surface area contributed by atoms with Gasteiger partial charge >= 0.3 is 0 Å². The van der Waals surface area contributed by atoms with E-state index < -0.39 is 0 Å². The van der Waals surface area contributed by atoms with Crippen molar-refractivity contribution in [2.24, 2.45) is 5.92 Å². The fourth-order valence-electron chi connectivity index (χ4n) is 3.09. The molecule has 27 heavy (non-hydrogen) atoms. The zero-order valence-electron chi connectivity index (χ0n) is 15.1. The Hall–Kier alpha value is -2.47. The summed E-state index contributed by atoms with van der Waals surface area (Å²) in [5.41, 5.74) is 1.22. The zero-order chi connectivity index (χ0) is 19.1. The van der Waals surface area contributed by atoms with E-state index in [1.54, 1.807) is 6.07 Å². The Balaban J connectivity index is 1.24. The Bertz CT molecular complexity index is 774. The van der Waals surface area contributed by atoms with Crippen LogP contribution >= 0.6 is 11.3 Å². The van der Waals surface area contributed by atoms with Crippen LogP contribution in [0.5, 0.6) is 0 Å². The highest BCUT2D eigenvalue weighted by Crippen LogP contribution is 2.47. The molecular weight excluding hydrogens is 360 g/mol. The Labute approximate surface area is 163 Å². The van der Waals surface area contributed by atoms with Crippen molar-refractivity contribution in [3.63, 3.8) is 0 Å². The van der Waals surface area contributed by atoms with Gasteiger partial charge in [-0.1, -0.05) is 36.4 Å². The van der Waals surface area contributed by atoms with Gasteiger partial charge in [0, 0.05) is 31.8 Å².